The van der Waals surface area contributed by atoms with E-state index in [0.29, 0.717) is 30.9 Å². The Morgan fingerprint density at radius 2 is 2.00 bits per heavy atom. The van der Waals surface area contributed by atoms with Gasteiger partial charge in [-0.15, -0.1) is 0 Å². The number of benzene rings is 2. The fourth-order valence-corrected chi connectivity index (χ4v) is 2.46. The number of carbonyl (C=O) groups is 1. The fourth-order valence-electron chi connectivity index (χ4n) is 2.46. The molecule has 0 unspecified atom stereocenters. The van der Waals surface area contributed by atoms with Crippen LogP contribution in [-0.2, 0) is 13.2 Å². The maximum Gasteiger partial charge on any atom is 0.277 e. The van der Waals surface area contributed by atoms with Crippen LogP contribution in [0.1, 0.15) is 21.6 Å². The van der Waals surface area contributed by atoms with Crippen molar-refractivity contribution < 1.29 is 18.6 Å². The van der Waals surface area contributed by atoms with E-state index in [2.05, 4.69) is 25.6 Å². The van der Waals surface area contributed by atoms with Gasteiger partial charge in [0.15, 0.2) is 0 Å². The summed E-state index contributed by atoms with van der Waals surface area (Å²) in [6.07, 6.45) is 0. The van der Waals surface area contributed by atoms with E-state index in [0.717, 1.165) is 5.56 Å². The molecule has 0 atom stereocenters. The quantitative estimate of drug-likeness (QED) is 0.482. The minimum atomic E-state index is -0.441. The number of aromatic nitrogens is 2. The van der Waals surface area contributed by atoms with Crippen LogP contribution in [0.2, 0.25) is 0 Å². The zero-order chi connectivity index (χ0) is 19.8. The molecular weight excluding hydrogens is 365 g/mol. The van der Waals surface area contributed by atoms with Crippen LogP contribution in [0, 0.1) is 5.82 Å². The molecule has 0 aliphatic carbocycles. The Hall–Kier alpha value is -3.46. The van der Waals surface area contributed by atoms with Crippen LogP contribution in [0.4, 0.5) is 10.2 Å². The van der Waals surface area contributed by atoms with Crippen LogP contribution in [0.25, 0.3) is 0 Å². The van der Waals surface area contributed by atoms with E-state index in [1.165, 1.54) is 6.07 Å². The van der Waals surface area contributed by atoms with Gasteiger partial charge in [-0.3, -0.25) is 4.79 Å². The highest BCUT2D eigenvalue weighted by Crippen LogP contribution is 2.16. The van der Waals surface area contributed by atoms with Crippen molar-refractivity contribution in [1.82, 2.24) is 20.9 Å². The van der Waals surface area contributed by atoms with E-state index in [1.807, 2.05) is 24.3 Å². The molecule has 0 aliphatic rings. The average molecular weight is 385 g/mol. The Morgan fingerprint density at radius 3 is 2.79 bits per heavy atom. The lowest BCUT2D eigenvalue weighted by atomic mass is 10.2. The van der Waals surface area contributed by atoms with Crippen LogP contribution in [0.15, 0.2) is 53.2 Å². The molecular formula is C19H20FN5O3. The number of hydrogen-bond acceptors (Lipinski definition) is 7. The highest BCUT2D eigenvalue weighted by Gasteiger charge is 2.14. The summed E-state index contributed by atoms with van der Waals surface area (Å²) in [5, 5.41) is 12.7. The SMILES string of the molecule is Nc1nonc1C(=O)NCCNCc1cccc(OCc2ccccc2F)c1. The third kappa shape index (κ3) is 5.27. The molecule has 146 valence electrons. The first-order valence-electron chi connectivity index (χ1n) is 8.65. The molecule has 4 N–H and O–H groups in total. The van der Waals surface area contributed by atoms with Gasteiger partial charge in [0.05, 0.1) is 0 Å². The van der Waals surface area contributed by atoms with Crippen molar-refractivity contribution in [3.05, 3.63) is 71.2 Å². The number of halogens is 1. The minimum Gasteiger partial charge on any atom is -0.489 e. The molecule has 0 saturated carbocycles. The molecule has 0 radical (unpaired) electrons. The molecule has 0 aliphatic heterocycles. The minimum absolute atomic E-state index is 0.0281. The maximum atomic E-state index is 13.6. The normalized spacial score (nSPS) is 10.6. The maximum absolute atomic E-state index is 13.6. The van der Waals surface area contributed by atoms with Crippen molar-refractivity contribution in [3.63, 3.8) is 0 Å². The van der Waals surface area contributed by atoms with E-state index in [1.54, 1.807) is 18.2 Å². The van der Waals surface area contributed by atoms with Gasteiger partial charge in [0, 0.05) is 25.2 Å². The van der Waals surface area contributed by atoms with Gasteiger partial charge in [-0.25, -0.2) is 9.02 Å². The Labute approximate surface area is 160 Å². The van der Waals surface area contributed by atoms with Gasteiger partial charge in [0.25, 0.3) is 5.91 Å². The van der Waals surface area contributed by atoms with Crippen LogP contribution in [0.5, 0.6) is 5.75 Å². The molecule has 0 spiro atoms. The predicted octanol–water partition coefficient (Wildman–Crippen LogP) is 1.89. The molecule has 0 saturated heterocycles. The van der Waals surface area contributed by atoms with Gasteiger partial charge >= 0.3 is 0 Å². The molecule has 3 aromatic rings. The first-order chi connectivity index (χ1) is 13.6. The Bertz CT molecular complexity index is 931. The zero-order valence-electron chi connectivity index (χ0n) is 15.0. The summed E-state index contributed by atoms with van der Waals surface area (Å²) in [4.78, 5) is 11.8. The molecule has 28 heavy (non-hydrogen) atoms. The Kier molecular flexibility index (Phi) is 6.53. The van der Waals surface area contributed by atoms with Crippen molar-refractivity contribution in [2.75, 3.05) is 18.8 Å². The Morgan fingerprint density at radius 1 is 1.14 bits per heavy atom. The van der Waals surface area contributed by atoms with E-state index < -0.39 is 5.91 Å². The van der Waals surface area contributed by atoms with Crippen molar-refractivity contribution in [2.45, 2.75) is 13.2 Å². The lowest BCUT2D eigenvalue weighted by molar-refractivity contribution is 0.0944. The van der Waals surface area contributed by atoms with Gasteiger partial charge in [-0.05, 0) is 34.1 Å². The summed E-state index contributed by atoms with van der Waals surface area (Å²) in [6.45, 7) is 1.67. The summed E-state index contributed by atoms with van der Waals surface area (Å²) in [7, 11) is 0. The molecule has 2 aromatic carbocycles. The second-order valence-electron chi connectivity index (χ2n) is 5.96. The number of rotatable bonds is 9. The van der Waals surface area contributed by atoms with Crippen LogP contribution in [-0.4, -0.2) is 29.3 Å². The average Bonchev–Trinajstić information content (AvgIpc) is 3.13. The van der Waals surface area contributed by atoms with Gasteiger partial charge in [-0.1, -0.05) is 30.3 Å². The van der Waals surface area contributed by atoms with E-state index in [4.69, 9.17) is 10.5 Å². The number of hydrogen-bond donors (Lipinski definition) is 3. The summed E-state index contributed by atoms with van der Waals surface area (Å²) in [5.41, 5.74) is 6.93. The topological polar surface area (TPSA) is 115 Å². The van der Waals surface area contributed by atoms with Gasteiger partial charge < -0.3 is 21.1 Å². The van der Waals surface area contributed by atoms with Crippen LogP contribution >= 0.6 is 0 Å². The summed E-state index contributed by atoms with van der Waals surface area (Å²) >= 11 is 0. The highest BCUT2D eigenvalue weighted by atomic mass is 19.1. The van der Waals surface area contributed by atoms with Crippen LogP contribution in [0.3, 0.4) is 0 Å². The second-order valence-corrected chi connectivity index (χ2v) is 5.96. The Balaban J connectivity index is 1.40. The molecule has 1 amide bonds. The number of ether oxygens (including phenoxy) is 1. The van der Waals surface area contributed by atoms with E-state index in [-0.39, 0.29) is 23.9 Å². The smallest absolute Gasteiger partial charge is 0.277 e. The number of nitrogens with zero attached hydrogens (tertiary/aromatic N) is 2. The molecule has 1 aromatic heterocycles. The van der Waals surface area contributed by atoms with Gasteiger partial charge in [-0.2, -0.15) is 0 Å². The zero-order valence-corrected chi connectivity index (χ0v) is 15.0. The number of nitrogen functional groups attached to an aromatic ring is 1. The first kappa shape index (κ1) is 19.3. The summed E-state index contributed by atoms with van der Waals surface area (Å²) < 4.78 is 23.7. The monoisotopic (exact) mass is 385 g/mol. The van der Waals surface area contributed by atoms with Gasteiger partial charge in [0.1, 0.15) is 18.2 Å². The number of nitrogens with one attached hydrogen (secondary N) is 2. The largest absolute Gasteiger partial charge is 0.489 e. The fraction of sp³-hybridized carbons (Fsp3) is 0.211. The molecule has 9 heteroatoms. The number of amides is 1. The van der Waals surface area contributed by atoms with Crippen molar-refractivity contribution in [1.29, 1.82) is 0 Å². The lowest BCUT2D eigenvalue weighted by Crippen LogP contribution is -2.32. The third-order valence-corrected chi connectivity index (χ3v) is 3.90. The van der Waals surface area contributed by atoms with E-state index in [9.17, 15) is 9.18 Å². The molecule has 3 rings (SSSR count). The summed E-state index contributed by atoms with van der Waals surface area (Å²) in [5.74, 6) is -0.114. The molecule has 0 bridgehead atoms. The van der Waals surface area contributed by atoms with Crippen molar-refractivity contribution >= 4 is 11.7 Å². The van der Waals surface area contributed by atoms with Crippen molar-refractivity contribution in [2.24, 2.45) is 0 Å². The first-order valence-corrected chi connectivity index (χ1v) is 8.65. The standard InChI is InChI=1S/C19H20FN5O3/c20-16-7-2-1-5-14(16)12-27-15-6-3-4-13(10-15)11-22-8-9-23-19(26)17-18(21)25-28-24-17/h1-7,10,22H,8-9,11-12H2,(H2,21,25)(H,23,26). The highest BCUT2D eigenvalue weighted by molar-refractivity contribution is 5.95. The molecule has 8 nitrogen and oxygen atoms in total. The predicted molar refractivity (Wildman–Crippen MR) is 99.9 cm³/mol. The number of anilines is 1. The van der Waals surface area contributed by atoms with E-state index >= 15 is 0 Å². The molecule has 0 fully saturated rings. The third-order valence-electron chi connectivity index (χ3n) is 3.90. The summed E-state index contributed by atoms with van der Waals surface area (Å²) in [6, 6.07) is 14.0. The van der Waals surface area contributed by atoms with Gasteiger partial charge in [0.2, 0.25) is 11.5 Å². The van der Waals surface area contributed by atoms with Crippen molar-refractivity contribution in [3.8, 4) is 5.75 Å². The van der Waals surface area contributed by atoms with Crippen LogP contribution < -0.4 is 21.1 Å². The lowest BCUT2D eigenvalue weighted by Gasteiger charge is -2.10. The number of nitrogens with two attached hydrogens (primary N) is 1. The number of carbonyl (C=O) groups excluding carboxylic acids is 1. The molecule has 1 heterocycles. The second kappa shape index (κ2) is 9.47.